The molecule has 23 heavy (non-hydrogen) atoms. The molecule has 6 nitrogen and oxygen atoms in total. The van der Waals surface area contributed by atoms with E-state index in [2.05, 4.69) is 10.6 Å². The summed E-state index contributed by atoms with van der Waals surface area (Å²) >= 11 is 0. The predicted octanol–water partition coefficient (Wildman–Crippen LogP) is 1.25. The molecule has 3 amide bonds. The highest BCUT2D eigenvalue weighted by Gasteiger charge is 2.46. The third-order valence-electron chi connectivity index (χ3n) is 5.73. The molecule has 0 spiro atoms. The van der Waals surface area contributed by atoms with Crippen molar-refractivity contribution in [3.63, 3.8) is 0 Å². The summed E-state index contributed by atoms with van der Waals surface area (Å²) in [6.45, 7) is 1.95. The molecule has 0 aromatic rings. The number of fused-ring (bicyclic) bond motifs is 2. The van der Waals surface area contributed by atoms with E-state index in [4.69, 9.17) is 4.74 Å². The zero-order valence-electron chi connectivity index (χ0n) is 13.6. The van der Waals surface area contributed by atoms with Gasteiger partial charge in [0, 0.05) is 25.7 Å². The lowest BCUT2D eigenvalue weighted by Crippen LogP contribution is -2.52. The third kappa shape index (κ3) is 3.47. The first-order chi connectivity index (χ1) is 11.2. The van der Waals surface area contributed by atoms with Crippen LogP contribution in [0.5, 0.6) is 0 Å². The Morgan fingerprint density at radius 3 is 2.61 bits per heavy atom. The first-order valence-electron chi connectivity index (χ1n) is 9.17. The molecular formula is C17H27N3O3. The number of hydrogen-bond donors (Lipinski definition) is 2. The highest BCUT2D eigenvalue weighted by atomic mass is 16.5. The van der Waals surface area contributed by atoms with E-state index in [-0.39, 0.29) is 30.1 Å². The average molecular weight is 321 g/mol. The van der Waals surface area contributed by atoms with Gasteiger partial charge in [0.25, 0.3) is 0 Å². The standard InChI is InChI=1S/C17H27N3O3/c21-16(18-8-11-5-6-11)14-7-13-9-20(10-15(14)23-13)17(22)19-12-3-1-2-4-12/h11-15H,1-10H2,(H,18,21)(H,19,22)/t13-,14+,15-/m1/s1. The molecule has 0 unspecified atom stereocenters. The van der Waals surface area contributed by atoms with Crippen molar-refractivity contribution in [1.82, 2.24) is 15.5 Å². The van der Waals surface area contributed by atoms with Gasteiger partial charge in [-0.1, -0.05) is 12.8 Å². The molecule has 2 saturated carbocycles. The Balaban J connectivity index is 1.30. The van der Waals surface area contributed by atoms with Gasteiger partial charge in [-0.05, 0) is 38.0 Å². The molecule has 2 aliphatic heterocycles. The fourth-order valence-electron chi connectivity index (χ4n) is 4.13. The summed E-state index contributed by atoms with van der Waals surface area (Å²) in [7, 11) is 0. The maximum Gasteiger partial charge on any atom is 0.317 e. The molecule has 4 rings (SSSR count). The Bertz CT molecular complexity index is 474. The number of carbonyl (C=O) groups excluding carboxylic acids is 2. The van der Waals surface area contributed by atoms with E-state index in [1.54, 1.807) is 0 Å². The van der Waals surface area contributed by atoms with Gasteiger partial charge in [0.05, 0.1) is 18.1 Å². The number of rotatable bonds is 4. The van der Waals surface area contributed by atoms with Gasteiger partial charge in [-0.3, -0.25) is 4.79 Å². The van der Waals surface area contributed by atoms with Gasteiger partial charge in [0.2, 0.25) is 5.91 Å². The highest BCUT2D eigenvalue weighted by molar-refractivity contribution is 5.80. The second kappa shape index (κ2) is 6.30. The van der Waals surface area contributed by atoms with Gasteiger partial charge in [0.15, 0.2) is 0 Å². The lowest BCUT2D eigenvalue weighted by atomic mass is 9.99. The van der Waals surface area contributed by atoms with Crippen molar-refractivity contribution >= 4 is 11.9 Å². The van der Waals surface area contributed by atoms with Crippen molar-refractivity contribution in [2.75, 3.05) is 19.6 Å². The molecule has 0 radical (unpaired) electrons. The largest absolute Gasteiger partial charge is 0.370 e. The molecule has 0 aromatic heterocycles. The van der Waals surface area contributed by atoms with E-state index < -0.39 is 0 Å². The zero-order valence-corrected chi connectivity index (χ0v) is 13.6. The van der Waals surface area contributed by atoms with E-state index in [0.717, 1.165) is 25.8 Å². The van der Waals surface area contributed by atoms with Gasteiger partial charge in [0.1, 0.15) is 0 Å². The fraction of sp³-hybridized carbons (Fsp3) is 0.882. The Hall–Kier alpha value is -1.30. The third-order valence-corrected chi connectivity index (χ3v) is 5.73. The molecule has 4 fully saturated rings. The number of nitrogens with one attached hydrogen (secondary N) is 2. The minimum atomic E-state index is -0.137. The molecule has 2 aliphatic carbocycles. The van der Waals surface area contributed by atoms with Crippen LogP contribution in [0, 0.1) is 11.8 Å². The quantitative estimate of drug-likeness (QED) is 0.819. The minimum Gasteiger partial charge on any atom is -0.370 e. The number of carbonyl (C=O) groups is 2. The maximum absolute atomic E-state index is 12.4. The Kier molecular flexibility index (Phi) is 4.18. The monoisotopic (exact) mass is 321 g/mol. The summed E-state index contributed by atoms with van der Waals surface area (Å²) < 4.78 is 5.92. The van der Waals surface area contributed by atoms with Gasteiger partial charge in [-0.25, -0.2) is 4.79 Å². The van der Waals surface area contributed by atoms with Crippen molar-refractivity contribution in [3.05, 3.63) is 0 Å². The topological polar surface area (TPSA) is 70.7 Å². The maximum atomic E-state index is 12.4. The van der Waals surface area contributed by atoms with Crippen molar-refractivity contribution in [2.24, 2.45) is 11.8 Å². The molecule has 2 bridgehead atoms. The molecule has 2 N–H and O–H groups in total. The van der Waals surface area contributed by atoms with E-state index in [0.29, 0.717) is 25.0 Å². The Morgan fingerprint density at radius 1 is 1.09 bits per heavy atom. The fourth-order valence-corrected chi connectivity index (χ4v) is 4.13. The van der Waals surface area contributed by atoms with Gasteiger partial charge in [-0.2, -0.15) is 0 Å². The van der Waals surface area contributed by atoms with Crippen LogP contribution >= 0.6 is 0 Å². The molecule has 3 atom stereocenters. The molecule has 128 valence electrons. The normalized spacial score (nSPS) is 33.7. The molecular weight excluding hydrogens is 294 g/mol. The Labute approximate surface area is 137 Å². The number of nitrogens with zero attached hydrogens (tertiary/aromatic N) is 1. The van der Waals surface area contributed by atoms with Crippen LogP contribution in [0.2, 0.25) is 0 Å². The van der Waals surface area contributed by atoms with E-state index in [9.17, 15) is 9.59 Å². The summed E-state index contributed by atoms with van der Waals surface area (Å²) in [5.41, 5.74) is 0. The number of hydrogen-bond acceptors (Lipinski definition) is 3. The molecule has 4 aliphatic rings. The minimum absolute atomic E-state index is 0.0137. The first-order valence-corrected chi connectivity index (χ1v) is 9.17. The van der Waals surface area contributed by atoms with Crippen LogP contribution in [0.3, 0.4) is 0 Å². The van der Waals surface area contributed by atoms with Crippen molar-refractivity contribution in [1.29, 1.82) is 0 Å². The lowest BCUT2D eigenvalue weighted by molar-refractivity contribution is -0.127. The van der Waals surface area contributed by atoms with Gasteiger partial charge in [-0.15, -0.1) is 0 Å². The summed E-state index contributed by atoms with van der Waals surface area (Å²) in [5, 5.41) is 6.20. The lowest BCUT2D eigenvalue weighted by Gasteiger charge is -2.33. The molecule has 2 heterocycles. The first kappa shape index (κ1) is 15.2. The number of likely N-dealkylation sites (tertiary alicyclic amines) is 1. The van der Waals surface area contributed by atoms with Crippen molar-refractivity contribution < 1.29 is 14.3 Å². The molecule has 6 heteroatoms. The summed E-state index contributed by atoms with van der Waals surface area (Å²) in [4.78, 5) is 26.6. The van der Waals surface area contributed by atoms with Crippen molar-refractivity contribution in [2.45, 2.75) is 63.2 Å². The molecule has 2 saturated heterocycles. The predicted molar refractivity (Wildman–Crippen MR) is 84.9 cm³/mol. The second-order valence-electron chi connectivity index (χ2n) is 7.66. The van der Waals surface area contributed by atoms with Gasteiger partial charge >= 0.3 is 6.03 Å². The van der Waals surface area contributed by atoms with Gasteiger partial charge < -0.3 is 20.3 Å². The van der Waals surface area contributed by atoms with Crippen LogP contribution in [0.25, 0.3) is 0 Å². The average Bonchev–Trinajstić information content (AvgIpc) is 3.15. The number of urea groups is 1. The summed E-state index contributed by atoms with van der Waals surface area (Å²) in [6.07, 6.45) is 7.71. The summed E-state index contributed by atoms with van der Waals surface area (Å²) in [5.74, 6) is 0.708. The van der Waals surface area contributed by atoms with Crippen LogP contribution in [0.1, 0.15) is 44.9 Å². The molecule has 0 aromatic carbocycles. The number of amides is 3. The van der Waals surface area contributed by atoms with Crippen LogP contribution < -0.4 is 10.6 Å². The highest BCUT2D eigenvalue weighted by Crippen LogP contribution is 2.33. The number of ether oxygens (including phenoxy) is 1. The smallest absolute Gasteiger partial charge is 0.317 e. The van der Waals surface area contributed by atoms with E-state index >= 15 is 0 Å². The number of morpholine rings is 1. The van der Waals surface area contributed by atoms with Crippen molar-refractivity contribution in [3.8, 4) is 0 Å². The second-order valence-corrected chi connectivity index (χ2v) is 7.66. The van der Waals surface area contributed by atoms with Crippen LogP contribution in [0.15, 0.2) is 0 Å². The Morgan fingerprint density at radius 2 is 1.87 bits per heavy atom. The zero-order chi connectivity index (χ0) is 15.8. The van der Waals surface area contributed by atoms with E-state index in [1.807, 2.05) is 4.90 Å². The van der Waals surface area contributed by atoms with Crippen LogP contribution in [-0.4, -0.2) is 54.7 Å². The summed E-state index contributed by atoms with van der Waals surface area (Å²) in [6, 6.07) is 0.356. The van der Waals surface area contributed by atoms with Crippen LogP contribution in [0.4, 0.5) is 4.79 Å². The van der Waals surface area contributed by atoms with Crippen LogP contribution in [-0.2, 0) is 9.53 Å². The van der Waals surface area contributed by atoms with E-state index in [1.165, 1.54) is 25.7 Å². The SMILES string of the molecule is O=C(NCC1CC1)[C@H]1C[C@@H]2CN(C(=O)NC3CCCC3)C[C@H]1O2.